The van der Waals surface area contributed by atoms with Gasteiger partial charge >= 0.3 is 6.18 Å². The summed E-state index contributed by atoms with van der Waals surface area (Å²) >= 11 is 6.60. The van der Waals surface area contributed by atoms with E-state index in [1.807, 2.05) is 24.3 Å². The highest BCUT2D eigenvalue weighted by Gasteiger charge is 2.32. The highest BCUT2D eigenvalue weighted by Crippen LogP contribution is 2.35. The Morgan fingerprint density at radius 1 is 1.14 bits per heavy atom. The number of thiocarbonyl (C=S) groups is 1. The Labute approximate surface area is 223 Å². The number of anilines is 1. The van der Waals surface area contributed by atoms with Crippen LogP contribution in [0.4, 0.5) is 18.9 Å². The van der Waals surface area contributed by atoms with E-state index in [-0.39, 0.29) is 30.7 Å². The molecule has 5 nitrogen and oxygen atoms in total. The Morgan fingerprint density at radius 2 is 1.89 bits per heavy atom. The summed E-state index contributed by atoms with van der Waals surface area (Å²) in [4.78, 5) is 27.2. The molecule has 0 atom stereocenters. The lowest BCUT2D eigenvalue weighted by Crippen LogP contribution is -2.29. The molecule has 4 rings (SSSR count). The number of hydrogen-bond acceptors (Lipinski definition) is 5. The molecule has 2 aromatic rings. The molecular weight excluding hydrogens is 521 g/mol. The molecule has 2 aromatic carbocycles. The number of para-hydroxylation sites is 1. The van der Waals surface area contributed by atoms with Gasteiger partial charge in [0, 0.05) is 24.2 Å². The van der Waals surface area contributed by atoms with Gasteiger partial charge in [-0.1, -0.05) is 54.7 Å². The van der Waals surface area contributed by atoms with Crippen LogP contribution in [0.3, 0.4) is 0 Å². The van der Waals surface area contributed by atoms with Gasteiger partial charge in [-0.2, -0.15) is 13.2 Å². The van der Waals surface area contributed by atoms with Crippen LogP contribution in [0.25, 0.3) is 6.08 Å². The van der Waals surface area contributed by atoms with Crippen LogP contribution < -0.4 is 10.1 Å². The molecule has 1 aliphatic heterocycles. The molecule has 1 aliphatic carbocycles. The van der Waals surface area contributed by atoms with Gasteiger partial charge in [0.1, 0.15) is 10.1 Å². The second-order valence-electron chi connectivity index (χ2n) is 8.98. The maximum absolute atomic E-state index is 13.0. The van der Waals surface area contributed by atoms with Gasteiger partial charge in [0.25, 0.3) is 5.91 Å². The third-order valence-electron chi connectivity index (χ3n) is 6.18. The lowest BCUT2D eigenvalue weighted by atomic mass is 9.97. The quantitative estimate of drug-likeness (QED) is 0.283. The van der Waals surface area contributed by atoms with Crippen molar-refractivity contribution in [2.75, 3.05) is 11.9 Å². The maximum atomic E-state index is 13.0. The summed E-state index contributed by atoms with van der Waals surface area (Å²) in [6.45, 7) is 0.234. The molecule has 1 saturated heterocycles. The van der Waals surface area contributed by atoms with E-state index in [0.29, 0.717) is 15.6 Å². The Kier molecular flexibility index (Phi) is 8.91. The number of amides is 2. The number of thioether (sulfide) groups is 1. The van der Waals surface area contributed by atoms with Crippen molar-refractivity contribution in [2.45, 2.75) is 57.2 Å². The molecule has 2 fully saturated rings. The third-order valence-corrected chi connectivity index (χ3v) is 7.56. The van der Waals surface area contributed by atoms with Crippen molar-refractivity contribution < 1.29 is 27.5 Å². The highest BCUT2D eigenvalue weighted by molar-refractivity contribution is 8.26. The molecule has 0 spiro atoms. The van der Waals surface area contributed by atoms with Crippen LogP contribution in [0.2, 0.25) is 0 Å². The SMILES string of the molecule is O=C(CCCN1C(=O)/C(=C/c2ccccc2OC2CCCCC2)SC1=S)Nc1cccc(C(F)(F)F)c1. The number of ether oxygens (including phenoxy) is 1. The molecule has 196 valence electrons. The van der Waals surface area contributed by atoms with Crippen LogP contribution >= 0.6 is 24.0 Å². The monoisotopic (exact) mass is 548 g/mol. The number of nitrogens with zero attached hydrogens (tertiary/aromatic N) is 1. The standard InChI is InChI=1S/C27H27F3N2O3S2/c28-27(29,30)19-9-6-10-20(17-19)31-24(33)14-7-15-32-25(34)23(37-26(32)36)16-18-8-4-5-13-22(18)35-21-11-2-1-3-12-21/h4-6,8-10,13,16-17,21H,1-3,7,11-12,14-15H2,(H,31,33)/b23-16-. The molecule has 2 amide bonds. The lowest BCUT2D eigenvalue weighted by Gasteiger charge is -2.23. The second-order valence-corrected chi connectivity index (χ2v) is 10.7. The first kappa shape index (κ1) is 27.2. The van der Waals surface area contributed by atoms with Gasteiger partial charge in [0.05, 0.1) is 16.6 Å². The van der Waals surface area contributed by atoms with E-state index in [1.54, 1.807) is 6.08 Å². The fourth-order valence-electron chi connectivity index (χ4n) is 4.30. The van der Waals surface area contributed by atoms with Crippen molar-refractivity contribution in [3.8, 4) is 5.75 Å². The van der Waals surface area contributed by atoms with E-state index in [9.17, 15) is 22.8 Å². The van der Waals surface area contributed by atoms with Crippen LogP contribution in [-0.4, -0.2) is 33.7 Å². The molecular formula is C27H27F3N2O3S2. The number of rotatable bonds is 8. The summed E-state index contributed by atoms with van der Waals surface area (Å²) in [5.74, 6) is 0.0702. The number of hydrogen-bond donors (Lipinski definition) is 1. The van der Waals surface area contributed by atoms with E-state index in [4.69, 9.17) is 17.0 Å². The summed E-state index contributed by atoms with van der Waals surface area (Å²) in [7, 11) is 0. The molecule has 1 N–H and O–H groups in total. The zero-order valence-corrected chi connectivity index (χ0v) is 21.7. The first-order valence-corrected chi connectivity index (χ1v) is 13.4. The van der Waals surface area contributed by atoms with Crippen LogP contribution in [0.1, 0.15) is 56.1 Å². The van der Waals surface area contributed by atoms with E-state index < -0.39 is 17.6 Å². The van der Waals surface area contributed by atoms with Gasteiger partial charge in [-0.15, -0.1) is 0 Å². The van der Waals surface area contributed by atoms with Crippen molar-refractivity contribution in [3.63, 3.8) is 0 Å². The van der Waals surface area contributed by atoms with Gasteiger partial charge in [-0.3, -0.25) is 14.5 Å². The van der Waals surface area contributed by atoms with Gasteiger partial charge in [0.2, 0.25) is 5.91 Å². The summed E-state index contributed by atoms with van der Waals surface area (Å²) in [6.07, 6.45) is 3.42. The molecule has 0 radical (unpaired) electrons. The summed E-state index contributed by atoms with van der Waals surface area (Å²) in [5, 5.41) is 2.48. The smallest absolute Gasteiger partial charge is 0.416 e. The van der Waals surface area contributed by atoms with Crippen LogP contribution in [0.5, 0.6) is 5.75 Å². The highest BCUT2D eigenvalue weighted by atomic mass is 32.2. The van der Waals surface area contributed by atoms with E-state index in [1.165, 1.54) is 35.2 Å². The number of carbonyl (C=O) groups excluding carboxylic acids is 2. The van der Waals surface area contributed by atoms with Gasteiger partial charge in [-0.25, -0.2) is 0 Å². The number of benzene rings is 2. The van der Waals surface area contributed by atoms with Crippen molar-refractivity contribution >= 4 is 51.9 Å². The van der Waals surface area contributed by atoms with Crippen LogP contribution in [-0.2, 0) is 15.8 Å². The second kappa shape index (κ2) is 12.1. The van der Waals surface area contributed by atoms with E-state index >= 15 is 0 Å². The first-order valence-electron chi connectivity index (χ1n) is 12.2. The molecule has 10 heteroatoms. The lowest BCUT2D eigenvalue weighted by molar-refractivity contribution is -0.137. The van der Waals surface area contributed by atoms with E-state index in [2.05, 4.69) is 5.32 Å². The van der Waals surface area contributed by atoms with Crippen LogP contribution in [0.15, 0.2) is 53.4 Å². The normalized spacial score (nSPS) is 17.9. The number of nitrogens with one attached hydrogen (secondary N) is 1. The fourth-order valence-corrected chi connectivity index (χ4v) is 5.60. The predicted molar refractivity (Wildman–Crippen MR) is 143 cm³/mol. The number of alkyl halides is 3. The van der Waals surface area contributed by atoms with E-state index in [0.717, 1.165) is 49.1 Å². The summed E-state index contributed by atoms with van der Waals surface area (Å²) in [5.41, 5.74) is 0.0527. The van der Waals surface area contributed by atoms with Crippen molar-refractivity contribution in [3.05, 3.63) is 64.6 Å². The Hall–Kier alpha value is -2.85. The predicted octanol–water partition coefficient (Wildman–Crippen LogP) is 7.04. The average molecular weight is 549 g/mol. The zero-order chi connectivity index (χ0) is 26.4. The topological polar surface area (TPSA) is 58.6 Å². The minimum absolute atomic E-state index is 0.0322. The van der Waals surface area contributed by atoms with Gasteiger partial charge in [0.15, 0.2) is 0 Å². The largest absolute Gasteiger partial charge is 0.490 e. The molecule has 2 aliphatic rings. The van der Waals surface area contributed by atoms with Crippen molar-refractivity contribution in [1.82, 2.24) is 4.90 Å². The minimum Gasteiger partial charge on any atom is -0.490 e. The maximum Gasteiger partial charge on any atom is 0.416 e. The fraction of sp³-hybridized carbons (Fsp3) is 0.370. The van der Waals surface area contributed by atoms with Crippen LogP contribution in [0, 0.1) is 0 Å². The summed E-state index contributed by atoms with van der Waals surface area (Å²) in [6, 6.07) is 12.1. The molecule has 0 aromatic heterocycles. The number of halogens is 3. The third kappa shape index (κ3) is 7.35. The Bertz CT molecular complexity index is 1190. The minimum atomic E-state index is -4.49. The summed E-state index contributed by atoms with van der Waals surface area (Å²) < 4.78 is 45.3. The average Bonchev–Trinajstić information content (AvgIpc) is 3.13. The number of carbonyl (C=O) groups is 2. The molecule has 37 heavy (non-hydrogen) atoms. The van der Waals surface area contributed by atoms with Gasteiger partial charge in [-0.05, 0) is 62.4 Å². The Balaban J connectivity index is 1.33. The first-order chi connectivity index (χ1) is 17.7. The zero-order valence-electron chi connectivity index (χ0n) is 20.1. The molecule has 1 saturated carbocycles. The van der Waals surface area contributed by atoms with Crippen molar-refractivity contribution in [1.29, 1.82) is 0 Å². The molecule has 1 heterocycles. The molecule has 0 bridgehead atoms. The molecule has 0 unspecified atom stereocenters. The van der Waals surface area contributed by atoms with Crippen molar-refractivity contribution in [2.24, 2.45) is 0 Å². The Morgan fingerprint density at radius 3 is 2.65 bits per heavy atom. The van der Waals surface area contributed by atoms with Gasteiger partial charge < -0.3 is 10.1 Å².